The van der Waals surface area contributed by atoms with Crippen molar-refractivity contribution in [2.24, 2.45) is 0 Å². The smallest absolute Gasteiger partial charge is 0.338 e. The highest BCUT2D eigenvalue weighted by atomic mass is 16.6. The third kappa shape index (κ3) is 2.23. The van der Waals surface area contributed by atoms with E-state index in [1.54, 1.807) is 0 Å². The van der Waals surface area contributed by atoms with E-state index in [0.29, 0.717) is 37.8 Å². The van der Waals surface area contributed by atoms with Crippen molar-refractivity contribution in [1.82, 2.24) is 10.2 Å². The monoisotopic (exact) mass is 274 g/mol. The zero-order valence-corrected chi connectivity index (χ0v) is 10.8. The van der Waals surface area contributed by atoms with Crippen LogP contribution in [0.1, 0.15) is 0 Å². The second-order valence-corrected chi connectivity index (χ2v) is 4.49. The van der Waals surface area contributed by atoms with Crippen molar-refractivity contribution >= 4 is 11.5 Å². The lowest BCUT2D eigenvalue weighted by Gasteiger charge is -2.25. The Kier molecular flexibility index (Phi) is 3.34. The molecule has 0 radical (unpaired) electrons. The van der Waals surface area contributed by atoms with Gasteiger partial charge in [0, 0.05) is 18.7 Å². The second kappa shape index (κ2) is 5.30. The molecule has 0 aliphatic carbocycles. The van der Waals surface area contributed by atoms with Crippen LogP contribution in [0.4, 0.5) is 11.5 Å². The molecule has 2 aromatic rings. The van der Waals surface area contributed by atoms with Crippen LogP contribution in [0.3, 0.4) is 0 Å². The molecular weight excluding hydrogens is 260 g/mol. The van der Waals surface area contributed by atoms with Crippen LogP contribution in [0.15, 0.2) is 30.3 Å². The molecule has 0 spiro atoms. The number of ether oxygens (including phenoxy) is 1. The minimum atomic E-state index is -0.378. The Morgan fingerprint density at radius 1 is 1.25 bits per heavy atom. The summed E-state index contributed by atoms with van der Waals surface area (Å²) in [5.41, 5.74) is 1.22. The second-order valence-electron chi connectivity index (χ2n) is 4.49. The Labute approximate surface area is 115 Å². The van der Waals surface area contributed by atoms with Crippen LogP contribution >= 0.6 is 0 Å². The first-order chi connectivity index (χ1) is 9.77. The summed E-state index contributed by atoms with van der Waals surface area (Å²) in [6, 6.07) is 9.20. The Morgan fingerprint density at radius 3 is 2.60 bits per heavy atom. The Hall–Kier alpha value is -2.41. The number of anilines is 1. The largest absolute Gasteiger partial charge is 0.378 e. The molecule has 0 amide bonds. The minimum absolute atomic E-state index is 0.0260. The van der Waals surface area contributed by atoms with Gasteiger partial charge in [0.05, 0.1) is 18.1 Å². The molecule has 1 aliphatic rings. The van der Waals surface area contributed by atoms with Gasteiger partial charge in [0.2, 0.25) is 5.82 Å². The molecule has 1 saturated heterocycles. The summed E-state index contributed by atoms with van der Waals surface area (Å²) in [6.07, 6.45) is 0. The number of morpholine rings is 1. The van der Waals surface area contributed by atoms with Crippen LogP contribution < -0.4 is 4.90 Å². The fourth-order valence-electron chi connectivity index (χ4n) is 2.30. The van der Waals surface area contributed by atoms with Gasteiger partial charge < -0.3 is 9.64 Å². The first-order valence-corrected chi connectivity index (χ1v) is 6.38. The standard InChI is InChI=1S/C13H14N4O3/c18-17(19)12-11(10-4-2-1-3-5-10)14-15-13(12)16-6-8-20-9-7-16/h1-5H,6-9H2,(H,14,15). The van der Waals surface area contributed by atoms with Gasteiger partial charge in [0.25, 0.3) is 0 Å². The highest BCUT2D eigenvalue weighted by Crippen LogP contribution is 2.36. The van der Waals surface area contributed by atoms with E-state index in [2.05, 4.69) is 10.2 Å². The summed E-state index contributed by atoms with van der Waals surface area (Å²) >= 11 is 0. The van der Waals surface area contributed by atoms with Crippen LogP contribution in [-0.4, -0.2) is 41.4 Å². The van der Waals surface area contributed by atoms with E-state index in [1.807, 2.05) is 35.2 Å². The van der Waals surface area contributed by atoms with E-state index in [4.69, 9.17) is 4.74 Å². The average Bonchev–Trinajstić information content (AvgIpc) is 2.94. The van der Waals surface area contributed by atoms with Gasteiger partial charge in [-0.05, 0) is 0 Å². The number of aromatic amines is 1. The summed E-state index contributed by atoms with van der Waals surface area (Å²) in [7, 11) is 0. The Morgan fingerprint density at radius 2 is 1.95 bits per heavy atom. The molecule has 1 aliphatic heterocycles. The molecule has 1 fully saturated rings. The van der Waals surface area contributed by atoms with E-state index < -0.39 is 0 Å². The van der Waals surface area contributed by atoms with Crippen LogP contribution in [0.5, 0.6) is 0 Å². The van der Waals surface area contributed by atoms with Crippen molar-refractivity contribution in [3.8, 4) is 11.3 Å². The topological polar surface area (TPSA) is 84.3 Å². The first kappa shape index (κ1) is 12.6. The van der Waals surface area contributed by atoms with Crippen molar-refractivity contribution in [2.75, 3.05) is 31.2 Å². The number of aromatic nitrogens is 2. The van der Waals surface area contributed by atoms with Crippen LogP contribution in [0, 0.1) is 10.1 Å². The number of hydrogen-bond donors (Lipinski definition) is 1. The number of nitro groups is 1. The predicted molar refractivity (Wildman–Crippen MR) is 73.7 cm³/mol. The van der Waals surface area contributed by atoms with Gasteiger partial charge in [0.1, 0.15) is 5.69 Å². The molecule has 3 rings (SSSR count). The normalized spacial score (nSPS) is 15.3. The molecule has 0 bridgehead atoms. The van der Waals surface area contributed by atoms with Crippen LogP contribution in [-0.2, 0) is 4.74 Å². The van der Waals surface area contributed by atoms with Gasteiger partial charge in [-0.2, -0.15) is 0 Å². The zero-order valence-electron chi connectivity index (χ0n) is 10.8. The number of hydrogen-bond acceptors (Lipinski definition) is 5. The van der Waals surface area contributed by atoms with Gasteiger partial charge in [-0.3, -0.25) is 15.2 Å². The van der Waals surface area contributed by atoms with Crippen molar-refractivity contribution in [3.05, 3.63) is 40.4 Å². The molecule has 7 heteroatoms. The summed E-state index contributed by atoms with van der Waals surface area (Å²) in [5.74, 6) is 0.386. The van der Waals surface area contributed by atoms with E-state index >= 15 is 0 Å². The lowest BCUT2D eigenvalue weighted by molar-refractivity contribution is -0.383. The maximum atomic E-state index is 11.4. The lowest BCUT2D eigenvalue weighted by Crippen LogP contribution is -2.36. The molecule has 20 heavy (non-hydrogen) atoms. The maximum absolute atomic E-state index is 11.4. The minimum Gasteiger partial charge on any atom is -0.378 e. The first-order valence-electron chi connectivity index (χ1n) is 6.38. The maximum Gasteiger partial charge on any atom is 0.338 e. The average molecular weight is 274 g/mol. The molecule has 1 aromatic carbocycles. The summed E-state index contributed by atoms with van der Waals surface area (Å²) in [4.78, 5) is 12.9. The summed E-state index contributed by atoms with van der Waals surface area (Å²) in [5, 5.41) is 18.3. The zero-order chi connectivity index (χ0) is 13.9. The predicted octanol–water partition coefficient (Wildman–Crippen LogP) is 1.82. The van der Waals surface area contributed by atoms with E-state index in [0.717, 1.165) is 5.56 Å². The van der Waals surface area contributed by atoms with E-state index in [9.17, 15) is 10.1 Å². The fraction of sp³-hybridized carbons (Fsp3) is 0.308. The number of rotatable bonds is 3. The number of nitrogens with zero attached hydrogens (tertiary/aromatic N) is 3. The van der Waals surface area contributed by atoms with E-state index in [-0.39, 0.29) is 10.6 Å². The molecule has 7 nitrogen and oxygen atoms in total. The molecule has 0 saturated carbocycles. The SMILES string of the molecule is O=[N+]([O-])c1c(N2CCOCC2)n[nH]c1-c1ccccc1. The van der Waals surface area contributed by atoms with Crippen molar-refractivity contribution in [2.45, 2.75) is 0 Å². The van der Waals surface area contributed by atoms with Gasteiger partial charge in [-0.15, -0.1) is 5.10 Å². The molecule has 0 atom stereocenters. The molecule has 104 valence electrons. The summed E-state index contributed by atoms with van der Waals surface area (Å²) in [6.45, 7) is 2.34. The number of benzene rings is 1. The van der Waals surface area contributed by atoms with Crippen molar-refractivity contribution < 1.29 is 9.66 Å². The summed E-state index contributed by atoms with van der Waals surface area (Å²) < 4.78 is 5.26. The molecule has 2 heterocycles. The molecule has 0 unspecified atom stereocenters. The number of H-pyrrole nitrogens is 1. The molecule has 1 aromatic heterocycles. The lowest BCUT2D eigenvalue weighted by atomic mass is 10.1. The van der Waals surface area contributed by atoms with E-state index in [1.165, 1.54) is 0 Å². The molecule has 1 N–H and O–H groups in total. The third-order valence-electron chi connectivity index (χ3n) is 3.28. The van der Waals surface area contributed by atoms with Crippen LogP contribution in [0.25, 0.3) is 11.3 Å². The fourth-order valence-corrected chi connectivity index (χ4v) is 2.30. The highest BCUT2D eigenvalue weighted by molar-refractivity contribution is 5.78. The Bertz CT molecular complexity index is 605. The van der Waals surface area contributed by atoms with Gasteiger partial charge in [0.15, 0.2) is 0 Å². The molecular formula is C13H14N4O3. The van der Waals surface area contributed by atoms with Gasteiger partial charge in [-0.25, -0.2) is 0 Å². The van der Waals surface area contributed by atoms with Gasteiger partial charge in [-0.1, -0.05) is 30.3 Å². The third-order valence-corrected chi connectivity index (χ3v) is 3.28. The van der Waals surface area contributed by atoms with Crippen molar-refractivity contribution in [1.29, 1.82) is 0 Å². The quantitative estimate of drug-likeness (QED) is 0.681. The van der Waals surface area contributed by atoms with Crippen LogP contribution in [0.2, 0.25) is 0 Å². The number of nitrogens with one attached hydrogen (secondary N) is 1. The Balaban J connectivity index is 2.04. The highest BCUT2D eigenvalue weighted by Gasteiger charge is 2.29. The van der Waals surface area contributed by atoms with Gasteiger partial charge >= 0.3 is 5.69 Å². The van der Waals surface area contributed by atoms with Crippen molar-refractivity contribution in [3.63, 3.8) is 0 Å².